The maximum atomic E-state index is 11.4. The Labute approximate surface area is 118 Å². The maximum Gasteiger partial charge on any atom is 0.356 e. The third-order valence-electron chi connectivity index (χ3n) is 4.15. The van der Waals surface area contributed by atoms with Crippen molar-refractivity contribution in [2.75, 3.05) is 0 Å². The zero-order chi connectivity index (χ0) is 14.1. The van der Waals surface area contributed by atoms with E-state index in [4.69, 9.17) is 0 Å². The number of nitrogens with zero attached hydrogens (tertiary/aromatic N) is 2. The van der Waals surface area contributed by atoms with E-state index >= 15 is 0 Å². The lowest BCUT2D eigenvalue weighted by Crippen LogP contribution is -2.16. The lowest BCUT2D eigenvalue weighted by Gasteiger charge is -2.21. The molecule has 0 aliphatic heterocycles. The van der Waals surface area contributed by atoms with Crippen LogP contribution in [0.2, 0.25) is 0 Å². The van der Waals surface area contributed by atoms with Gasteiger partial charge in [0.1, 0.15) is 0 Å². The lowest BCUT2D eigenvalue weighted by atomic mass is 9.85. The minimum absolute atomic E-state index is 0.224. The highest BCUT2D eigenvalue weighted by Gasteiger charge is 2.28. The van der Waals surface area contributed by atoms with E-state index in [1.807, 2.05) is 35.0 Å². The Hall–Kier alpha value is -2.10. The highest BCUT2D eigenvalue weighted by molar-refractivity contribution is 5.87. The summed E-state index contributed by atoms with van der Waals surface area (Å²) in [7, 11) is 0. The summed E-state index contributed by atoms with van der Waals surface area (Å²) < 4.78 is 1.81. The lowest BCUT2D eigenvalue weighted by molar-refractivity contribution is 0.0688. The molecule has 2 aromatic rings. The van der Waals surface area contributed by atoms with Crippen molar-refractivity contribution in [1.82, 2.24) is 9.78 Å². The largest absolute Gasteiger partial charge is 0.476 e. The van der Waals surface area contributed by atoms with Gasteiger partial charge in [0.05, 0.1) is 5.69 Å². The fourth-order valence-electron chi connectivity index (χ4n) is 2.99. The first-order valence-electron chi connectivity index (χ1n) is 7.10. The van der Waals surface area contributed by atoms with E-state index in [0.717, 1.165) is 42.6 Å². The molecule has 3 rings (SSSR count). The van der Waals surface area contributed by atoms with Gasteiger partial charge in [0.25, 0.3) is 0 Å². The number of rotatable bonds is 3. The standard InChI is InChI=1S/C16H18N2O2/c1-2-11-8-9-14-13(10-11)15(16(19)20)17-18(14)12-6-4-3-5-7-12/h3-7,11H,2,8-10H2,1H3,(H,19,20). The fourth-order valence-corrected chi connectivity index (χ4v) is 2.99. The molecular formula is C16H18N2O2. The SMILES string of the molecule is CCC1CCc2c(c(C(=O)O)nn2-c2ccccc2)C1. The van der Waals surface area contributed by atoms with Crippen LogP contribution in [0.1, 0.15) is 41.5 Å². The summed E-state index contributed by atoms with van der Waals surface area (Å²) in [6.07, 6.45) is 3.94. The zero-order valence-corrected chi connectivity index (χ0v) is 11.5. The first kappa shape index (κ1) is 12.9. The summed E-state index contributed by atoms with van der Waals surface area (Å²) in [5.41, 5.74) is 3.16. The van der Waals surface area contributed by atoms with Gasteiger partial charge >= 0.3 is 5.97 Å². The molecule has 1 aromatic heterocycles. The number of hydrogen-bond acceptors (Lipinski definition) is 2. The summed E-state index contributed by atoms with van der Waals surface area (Å²) in [6.45, 7) is 2.16. The van der Waals surface area contributed by atoms with Crippen molar-refractivity contribution >= 4 is 5.97 Å². The molecule has 104 valence electrons. The van der Waals surface area contributed by atoms with E-state index in [2.05, 4.69) is 12.0 Å². The third kappa shape index (κ3) is 2.11. The summed E-state index contributed by atoms with van der Waals surface area (Å²) in [4.78, 5) is 11.4. The van der Waals surface area contributed by atoms with Crippen LogP contribution in [0.25, 0.3) is 5.69 Å². The monoisotopic (exact) mass is 270 g/mol. The highest BCUT2D eigenvalue weighted by Crippen LogP contribution is 2.31. The molecule has 1 unspecified atom stereocenters. The minimum atomic E-state index is -0.923. The molecule has 0 fully saturated rings. The first-order valence-corrected chi connectivity index (χ1v) is 7.10. The Bertz CT molecular complexity index is 631. The Morgan fingerprint density at radius 3 is 2.80 bits per heavy atom. The minimum Gasteiger partial charge on any atom is -0.476 e. The van der Waals surface area contributed by atoms with Crippen LogP contribution in [0.5, 0.6) is 0 Å². The number of carboxylic acid groups (broad SMARTS) is 1. The Morgan fingerprint density at radius 2 is 2.15 bits per heavy atom. The molecule has 1 atom stereocenters. The van der Waals surface area contributed by atoms with Crippen molar-refractivity contribution < 1.29 is 9.90 Å². The Kier molecular flexibility index (Phi) is 3.30. The number of aromatic carboxylic acids is 1. The molecule has 0 saturated heterocycles. The summed E-state index contributed by atoms with van der Waals surface area (Å²) in [6, 6.07) is 9.77. The van der Waals surface area contributed by atoms with Gasteiger partial charge in [-0.25, -0.2) is 9.48 Å². The van der Waals surface area contributed by atoms with Crippen molar-refractivity contribution in [3.05, 3.63) is 47.3 Å². The van der Waals surface area contributed by atoms with E-state index in [1.165, 1.54) is 0 Å². The molecular weight excluding hydrogens is 252 g/mol. The quantitative estimate of drug-likeness (QED) is 0.932. The summed E-state index contributed by atoms with van der Waals surface area (Å²) in [5.74, 6) is -0.346. The predicted octanol–water partition coefficient (Wildman–Crippen LogP) is 3.09. The number of carboxylic acids is 1. The molecule has 1 N–H and O–H groups in total. The van der Waals surface area contributed by atoms with Crippen LogP contribution >= 0.6 is 0 Å². The van der Waals surface area contributed by atoms with E-state index in [1.54, 1.807) is 0 Å². The number of hydrogen-bond donors (Lipinski definition) is 1. The van der Waals surface area contributed by atoms with Gasteiger partial charge in [-0.2, -0.15) is 5.10 Å². The van der Waals surface area contributed by atoms with Crippen LogP contribution in [0, 0.1) is 5.92 Å². The van der Waals surface area contributed by atoms with E-state index in [9.17, 15) is 9.90 Å². The second kappa shape index (κ2) is 5.12. The van der Waals surface area contributed by atoms with Gasteiger partial charge in [-0.1, -0.05) is 31.5 Å². The molecule has 4 heteroatoms. The van der Waals surface area contributed by atoms with Gasteiger partial charge < -0.3 is 5.11 Å². The molecule has 0 amide bonds. The van der Waals surface area contributed by atoms with Crippen molar-refractivity contribution in [2.24, 2.45) is 5.92 Å². The number of benzene rings is 1. The summed E-state index contributed by atoms with van der Waals surface area (Å²) in [5, 5.41) is 13.7. The molecule has 0 bridgehead atoms. The van der Waals surface area contributed by atoms with Gasteiger partial charge in [0.2, 0.25) is 0 Å². The fraction of sp³-hybridized carbons (Fsp3) is 0.375. The average Bonchev–Trinajstić information content (AvgIpc) is 2.87. The van der Waals surface area contributed by atoms with Gasteiger partial charge in [0, 0.05) is 11.3 Å². The van der Waals surface area contributed by atoms with Crippen LogP contribution in [-0.4, -0.2) is 20.9 Å². The van der Waals surface area contributed by atoms with Gasteiger partial charge in [-0.15, -0.1) is 0 Å². The van der Waals surface area contributed by atoms with E-state index < -0.39 is 5.97 Å². The number of fused-ring (bicyclic) bond motifs is 1. The van der Waals surface area contributed by atoms with Crippen LogP contribution in [-0.2, 0) is 12.8 Å². The second-order valence-electron chi connectivity index (χ2n) is 5.34. The maximum absolute atomic E-state index is 11.4. The van der Waals surface area contributed by atoms with Crippen molar-refractivity contribution in [2.45, 2.75) is 32.6 Å². The van der Waals surface area contributed by atoms with E-state index in [0.29, 0.717) is 5.92 Å². The summed E-state index contributed by atoms with van der Waals surface area (Å²) >= 11 is 0. The zero-order valence-electron chi connectivity index (χ0n) is 11.5. The smallest absolute Gasteiger partial charge is 0.356 e. The van der Waals surface area contributed by atoms with Crippen LogP contribution in [0.15, 0.2) is 30.3 Å². The van der Waals surface area contributed by atoms with Gasteiger partial charge in [0.15, 0.2) is 5.69 Å². The Balaban J connectivity index is 2.12. The molecule has 1 heterocycles. The number of carbonyl (C=O) groups is 1. The molecule has 1 aliphatic carbocycles. The highest BCUT2D eigenvalue weighted by atomic mass is 16.4. The molecule has 0 radical (unpaired) electrons. The van der Waals surface area contributed by atoms with Gasteiger partial charge in [-0.3, -0.25) is 0 Å². The first-order chi connectivity index (χ1) is 9.70. The normalized spacial score (nSPS) is 17.8. The topological polar surface area (TPSA) is 55.1 Å². The third-order valence-corrected chi connectivity index (χ3v) is 4.15. The van der Waals surface area contributed by atoms with E-state index in [-0.39, 0.29) is 5.69 Å². The van der Waals surface area contributed by atoms with Crippen molar-refractivity contribution in [1.29, 1.82) is 0 Å². The molecule has 1 aliphatic rings. The van der Waals surface area contributed by atoms with Crippen LogP contribution < -0.4 is 0 Å². The average molecular weight is 270 g/mol. The van der Waals surface area contributed by atoms with Gasteiger partial charge in [-0.05, 0) is 37.3 Å². The predicted molar refractivity (Wildman–Crippen MR) is 76.3 cm³/mol. The second-order valence-corrected chi connectivity index (χ2v) is 5.34. The number of aromatic nitrogens is 2. The van der Waals surface area contributed by atoms with Crippen LogP contribution in [0.4, 0.5) is 0 Å². The Morgan fingerprint density at radius 1 is 1.40 bits per heavy atom. The number of para-hydroxylation sites is 1. The van der Waals surface area contributed by atoms with Crippen LogP contribution in [0.3, 0.4) is 0 Å². The molecule has 0 saturated carbocycles. The molecule has 20 heavy (non-hydrogen) atoms. The molecule has 0 spiro atoms. The molecule has 4 nitrogen and oxygen atoms in total. The van der Waals surface area contributed by atoms with Crippen molar-refractivity contribution in [3.63, 3.8) is 0 Å². The molecule has 1 aromatic carbocycles. The van der Waals surface area contributed by atoms with Crippen molar-refractivity contribution in [3.8, 4) is 5.69 Å².